The Labute approximate surface area is 152 Å². The summed E-state index contributed by atoms with van der Waals surface area (Å²) in [5, 5.41) is 9.53. The number of carbonyl (C=O) groups excluding carboxylic acids is 2. The Morgan fingerprint density at radius 1 is 0.923 bits per heavy atom. The molecule has 2 aromatic carbocycles. The quantitative estimate of drug-likeness (QED) is 0.441. The van der Waals surface area contributed by atoms with Crippen molar-refractivity contribution in [1.29, 1.82) is 0 Å². The Morgan fingerprint density at radius 2 is 1.65 bits per heavy atom. The van der Waals surface area contributed by atoms with Crippen molar-refractivity contribution in [2.24, 2.45) is 0 Å². The molecule has 0 aliphatic carbocycles. The van der Waals surface area contributed by atoms with Gasteiger partial charge in [-0.05, 0) is 35.4 Å². The molecule has 0 heterocycles. The average Bonchev–Trinajstić information content (AvgIpc) is 2.65. The molecular weight excluding hydrogens is 328 g/mol. The van der Waals surface area contributed by atoms with Gasteiger partial charge in [-0.3, -0.25) is 9.59 Å². The van der Waals surface area contributed by atoms with Crippen molar-refractivity contribution in [3.8, 4) is 11.5 Å². The number of phenols is 1. The molecule has 0 radical (unpaired) electrons. The molecule has 0 aliphatic heterocycles. The minimum Gasteiger partial charge on any atom is -0.504 e. The highest BCUT2D eigenvalue weighted by molar-refractivity contribution is 6.09. The SMILES string of the molecule is COc1cc(/C=C/C(=O)CC(=O)/C=C/C=C/c2ccccc2)ccc1O. The van der Waals surface area contributed by atoms with E-state index in [1.54, 1.807) is 30.4 Å². The molecule has 0 saturated heterocycles. The number of ether oxygens (including phenoxy) is 1. The summed E-state index contributed by atoms with van der Waals surface area (Å²) in [4.78, 5) is 23.7. The molecule has 2 rings (SSSR count). The molecule has 132 valence electrons. The van der Waals surface area contributed by atoms with E-state index in [9.17, 15) is 14.7 Å². The largest absolute Gasteiger partial charge is 0.504 e. The van der Waals surface area contributed by atoms with Crippen LogP contribution in [0, 0.1) is 0 Å². The lowest BCUT2D eigenvalue weighted by Crippen LogP contribution is -2.01. The summed E-state index contributed by atoms with van der Waals surface area (Å²) in [7, 11) is 1.45. The number of phenolic OH excluding ortho intramolecular Hbond substituents is 1. The van der Waals surface area contributed by atoms with Crippen LogP contribution in [0.1, 0.15) is 17.5 Å². The van der Waals surface area contributed by atoms with Crippen molar-refractivity contribution in [3.05, 3.63) is 84.0 Å². The Hall–Kier alpha value is -3.40. The molecule has 0 fully saturated rings. The minimum atomic E-state index is -0.293. The maximum atomic E-state index is 11.9. The van der Waals surface area contributed by atoms with Crippen LogP contribution in [0.25, 0.3) is 12.2 Å². The average molecular weight is 348 g/mol. The zero-order chi connectivity index (χ0) is 18.8. The molecule has 0 amide bonds. The molecule has 0 aromatic heterocycles. The molecule has 1 N–H and O–H groups in total. The molecule has 26 heavy (non-hydrogen) atoms. The van der Waals surface area contributed by atoms with Crippen molar-refractivity contribution < 1.29 is 19.4 Å². The normalized spacial score (nSPS) is 11.4. The van der Waals surface area contributed by atoms with Crippen LogP contribution < -0.4 is 4.74 Å². The fraction of sp³-hybridized carbons (Fsp3) is 0.0909. The number of benzene rings is 2. The highest BCUT2D eigenvalue weighted by Crippen LogP contribution is 2.26. The van der Waals surface area contributed by atoms with Gasteiger partial charge in [-0.2, -0.15) is 0 Å². The van der Waals surface area contributed by atoms with Gasteiger partial charge < -0.3 is 9.84 Å². The lowest BCUT2D eigenvalue weighted by Gasteiger charge is -2.03. The summed E-state index contributed by atoms with van der Waals surface area (Å²) in [5.74, 6) is -0.206. The topological polar surface area (TPSA) is 63.6 Å². The number of rotatable bonds is 8. The van der Waals surface area contributed by atoms with Gasteiger partial charge in [0.1, 0.15) is 0 Å². The van der Waals surface area contributed by atoms with Crippen LogP contribution in [0.3, 0.4) is 0 Å². The maximum absolute atomic E-state index is 11.9. The van der Waals surface area contributed by atoms with Crippen LogP contribution in [-0.2, 0) is 9.59 Å². The summed E-state index contributed by atoms with van der Waals surface area (Å²) in [5.41, 5.74) is 1.73. The number of carbonyl (C=O) groups is 2. The predicted molar refractivity (Wildman–Crippen MR) is 103 cm³/mol. The van der Waals surface area contributed by atoms with Crippen molar-refractivity contribution >= 4 is 23.7 Å². The third kappa shape index (κ3) is 6.24. The van der Waals surface area contributed by atoms with Crippen molar-refractivity contribution in [1.82, 2.24) is 0 Å². The predicted octanol–water partition coefficient (Wildman–Crippen LogP) is 4.21. The summed E-state index contributed by atoms with van der Waals surface area (Å²) in [6, 6.07) is 14.5. The molecule has 2 aromatic rings. The zero-order valence-electron chi connectivity index (χ0n) is 14.5. The van der Waals surface area contributed by atoms with Gasteiger partial charge in [0.2, 0.25) is 0 Å². The van der Waals surface area contributed by atoms with Gasteiger partial charge in [0.25, 0.3) is 0 Å². The van der Waals surface area contributed by atoms with Gasteiger partial charge in [0.15, 0.2) is 23.1 Å². The second-order valence-electron chi connectivity index (χ2n) is 5.50. The van der Waals surface area contributed by atoms with Gasteiger partial charge in [-0.15, -0.1) is 0 Å². The number of methoxy groups -OCH3 is 1. The first-order valence-electron chi connectivity index (χ1n) is 8.09. The zero-order valence-corrected chi connectivity index (χ0v) is 14.5. The second kappa shape index (κ2) is 9.79. The first-order valence-corrected chi connectivity index (χ1v) is 8.09. The van der Waals surface area contributed by atoms with E-state index in [1.807, 2.05) is 36.4 Å². The Balaban J connectivity index is 1.86. The van der Waals surface area contributed by atoms with Crippen LogP contribution in [-0.4, -0.2) is 23.8 Å². The van der Waals surface area contributed by atoms with E-state index >= 15 is 0 Å². The summed E-state index contributed by atoms with van der Waals surface area (Å²) >= 11 is 0. The van der Waals surface area contributed by atoms with Crippen LogP contribution in [0.15, 0.2) is 72.8 Å². The van der Waals surface area contributed by atoms with Crippen LogP contribution in [0.4, 0.5) is 0 Å². The molecule has 0 atom stereocenters. The first-order chi connectivity index (χ1) is 12.6. The third-order valence-corrected chi connectivity index (χ3v) is 3.50. The number of ketones is 2. The molecule has 0 bridgehead atoms. The summed E-state index contributed by atoms with van der Waals surface area (Å²) in [6.45, 7) is 0. The molecule has 4 nitrogen and oxygen atoms in total. The highest BCUT2D eigenvalue weighted by atomic mass is 16.5. The monoisotopic (exact) mass is 348 g/mol. The van der Waals surface area contributed by atoms with Crippen LogP contribution >= 0.6 is 0 Å². The van der Waals surface area contributed by atoms with E-state index in [0.29, 0.717) is 11.3 Å². The Bertz CT molecular complexity index is 846. The van der Waals surface area contributed by atoms with E-state index in [2.05, 4.69) is 0 Å². The fourth-order valence-electron chi connectivity index (χ4n) is 2.17. The Kier molecular flexibility index (Phi) is 7.13. The number of aromatic hydroxyl groups is 1. The van der Waals surface area contributed by atoms with Crippen molar-refractivity contribution in [2.45, 2.75) is 6.42 Å². The van der Waals surface area contributed by atoms with Gasteiger partial charge in [0, 0.05) is 0 Å². The summed E-state index contributed by atoms with van der Waals surface area (Å²) in [6.07, 6.45) is 9.38. The number of hydrogen-bond acceptors (Lipinski definition) is 4. The molecule has 0 saturated carbocycles. The van der Waals surface area contributed by atoms with Crippen molar-refractivity contribution in [2.75, 3.05) is 7.11 Å². The van der Waals surface area contributed by atoms with E-state index in [4.69, 9.17) is 4.74 Å². The first kappa shape index (κ1) is 18.9. The van der Waals surface area contributed by atoms with Crippen molar-refractivity contribution in [3.63, 3.8) is 0 Å². The third-order valence-electron chi connectivity index (χ3n) is 3.50. The van der Waals surface area contributed by atoms with Gasteiger partial charge in [-0.25, -0.2) is 0 Å². The van der Waals surface area contributed by atoms with Gasteiger partial charge >= 0.3 is 0 Å². The summed E-state index contributed by atoms with van der Waals surface area (Å²) < 4.78 is 5.01. The van der Waals surface area contributed by atoms with Crippen LogP contribution in [0.2, 0.25) is 0 Å². The minimum absolute atomic E-state index is 0.0276. The molecule has 0 unspecified atom stereocenters. The van der Waals surface area contributed by atoms with Gasteiger partial charge in [-0.1, -0.05) is 60.7 Å². The number of allylic oxidation sites excluding steroid dienone is 4. The smallest absolute Gasteiger partial charge is 0.163 e. The lowest BCUT2D eigenvalue weighted by atomic mass is 10.1. The fourth-order valence-corrected chi connectivity index (χ4v) is 2.17. The molecule has 0 spiro atoms. The maximum Gasteiger partial charge on any atom is 0.163 e. The van der Waals surface area contributed by atoms with E-state index in [0.717, 1.165) is 5.56 Å². The molecule has 4 heteroatoms. The molecular formula is C22H20O4. The lowest BCUT2D eigenvalue weighted by molar-refractivity contribution is -0.121. The van der Waals surface area contributed by atoms with E-state index in [-0.39, 0.29) is 23.7 Å². The Morgan fingerprint density at radius 3 is 2.38 bits per heavy atom. The molecule has 0 aliphatic rings. The second-order valence-corrected chi connectivity index (χ2v) is 5.50. The standard InChI is InChI=1S/C22H20O4/c1-26-22-15-18(12-14-21(22)25)11-13-20(24)16-19(23)10-6-5-9-17-7-3-2-4-8-17/h2-15,25H,16H2,1H3/b9-5+,10-6+,13-11+. The van der Waals surface area contributed by atoms with Gasteiger partial charge in [0.05, 0.1) is 13.5 Å². The van der Waals surface area contributed by atoms with E-state index in [1.165, 1.54) is 25.3 Å². The highest BCUT2D eigenvalue weighted by Gasteiger charge is 2.04. The number of hydrogen-bond donors (Lipinski definition) is 1. The van der Waals surface area contributed by atoms with Crippen LogP contribution in [0.5, 0.6) is 11.5 Å². The van der Waals surface area contributed by atoms with E-state index < -0.39 is 0 Å².